The first kappa shape index (κ1) is 14.6. The lowest BCUT2D eigenvalue weighted by Crippen LogP contribution is -2.30. The first-order valence-electron chi connectivity index (χ1n) is 5.38. The van der Waals surface area contributed by atoms with E-state index < -0.39 is 4.92 Å². The number of hydrogen-bond donors (Lipinski definition) is 0. The summed E-state index contributed by atoms with van der Waals surface area (Å²) < 4.78 is 0.453. The first-order chi connectivity index (χ1) is 8.32. The quantitative estimate of drug-likeness (QED) is 0.631. The summed E-state index contributed by atoms with van der Waals surface area (Å²) in [4.78, 5) is 27.3. The highest BCUT2D eigenvalue weighted by Crippen LogP contribution is 2.21. The van der Waals surface area contributed by atoms with E-state index in [-0.39, 0.29) is 17.3 Å². The number of amides is 1. The maximum Gasteiger partial charge on any atom is 0.364 e. The van der Waals surface area contributed by atoms with Gasteiger partial charge in [-0.1, -0.05) is 13.8 Å². The van der Waals surface area contributed by atoms with Crippen molar-refractivity contribution in [2.75, 3.05) is 13.6 Å². The number of hydrogen-bond acceptors (Lipinski definition) is 4. The van der Waals surface area contributed by atoms with E-state index in [4.69, 9.17) is 0 Å². The number of halogens is 1. The van der Waals surface area contributed by atoms with Gasteiger partial charge in [0.1, 0.15) is 0 Å². The van der Waals surface area contributed by atoms with E-state index in [9.17, 15) is 14.9 Å². The van der Waals surface area contributed by atoms with Gasteiger partial charge in [-0.05, 0) is 31.8 Å². The van der Waals surface area contributed by atoms with Gasteiger partial charge in [0.05, 0.1) is 10.0 Å². The largest absolute Gasteiger partial charge is 0.364 e. The fourth-order valence-corrected chi connectivity index (χ4v) is 1.91. The third kappa shape index (κ3) is 3.49. The van der Waals surface area contributed by atoms with Crippen LogP contribution in [0, 0.1) is 16.0 Å². The van der Waals surface area contributed by atoms with Gasteiger partial charge in [-0.25, -0.2) is 0 Å². The van der Waals surface area contributed by atoms with Crippen molar-refractivity contribution in [2.24, 2.45) is 5.92 Å². The zero-order valence-electron chi connectivity index (χ0n) is 10.4. The normalized spacial score (nSPS) is 10.5. The molecule has 0 aliphatic carbocycles. The summed E-state index contributed by atoms with van der Waals surface area (Å²) in [7, 11) is 1.67. The highest BCUT2D eigenvalue weighted by molar-refractivity contribution is 9.10. The molecule has 0 N–H and O–H groups in total. The molecule has 1 amide bonds. The Hall–Kier alpha value is -1.50. The summed E-state index contributed by atoms with van der Waals surface area (Å²) in [6.45, 7) is 4.57. The van der Waals surface area contributed by atoms with Gasteiger partial charge in [-0.3, -0.25) is 4.79 Å². The third-order valence-electron chi connectivity index (χ3n) is 2.24. The van der Waals surface area contributed by atoms with E-state index in [0.717, 1.165) is 0 Å². The Balaban J connectivity index is 3.04. The maximum atomic E-state index is 12.1. The Bertz CT molecular complexity index is 477. The van der Waals surface area contributed by atoms with Crippen LogP contribution in [0.3, 0.4) is 0 Å². The smallest absolute Gasteiger partial charge is 0.358 e. The Morgan fingerprint density at radius 1 is 1.61 bits per heavy atom. The lowest BCUT2D eigenvalue weighted by molar-refractivity contribution is -0.389. The first-order valence-corrected chi connectivity index (χ1v) is 6.17. The molecule has 0 aliphatic heterocycles. The molecule has 0 spiro atoms. The van der Waals surface area contributed by atoms with Crippen LogP contribution < -0.4 is 0 Å². The molecule has 1 aromatic rings. The van der Waals surface area contributed by atoms with E-state index >= 15 is 0 Å². The molecule has 0 radical (unpaired) electrons. The molecular weight excluding hydrogens is 302 g/mol. The molecule has 0 aromatic carbocycles. The second-order valence-corrected chi connectivity index (χ2v) is 5.21. The van der Waals surface area contributed by atoms with Crippen molar-refractivity contribution in [1.82, 2.24) is 9.88 Å². The van der Waals surface area contributed by atoms with Gasteiger partial charge in [-0.2, -0.15) is 0 Å². The molecule has 98 valence electrons. The summed E-state index contributed by atoms with van der Waals surface area (Å²) in [6.07, 6.45) is 1.27. The van der Waals surface area contributed by atoms with Gasteiger partial charge >= 0.3 is 5.82 Å². The predicted octanol–water partition coefficient (Wildman–Crippen LogP) is 2.48. The summed E-state index contributed by atoms with van der Waals surface area (Å²) in [5, 5.41) is 10.6. The summed E-state index contributed by atoms with van der Waals surface area (Å²) in [6, 6.07) is 1.18. The lowest BCUT2D eigenvalue weighted by Gasteiger charge is -2.19. The van der Waals surface area contributed by atoms with Crippen LogP contribution in [-0.4, -0.2) is 34.3 Å². The van der Waals surface area contributed by atoms with E-state index in [1.807, 2.05) is 13.8 Å². The predicted molar refractivity (Wildman–Crippen MR) is 70.4 cm³/mol. The molecule has 1 heterocycles. The highest BCUT2D eigenvalue weighted by Gasteiger charge is 2.20. The zero-order chi connectivity index (χ0) is 13.9. The lowest BCUT2D eigenvalue weighted by atomic mass is 10.2. The van der Waals surface area contributed by atoms with Crippen LogP contribution >= 0.6 is 15.9 Å². The van der Waals surface area contributed by atoms with E-state index in [2.05, 4.69) is 20.9 Å². The molecule has 0 unspecified atom stereocenters. The number of carbonyl (C=O) groups excluding carboxylic acids is 1. The van der Waals surface area contributed by atoms with Gasteiger partial charge < -0.3 is 15.0 Å². The summed E-state index contributed by atoms with van der Waals surface area (Å²) >= 11 is 3.18. The van der Waals surface area contributed by atoms with Crippen molar-refractivity contribution >= 4 is 27.7 Å². The summed E-state index contributed by atoms with van der Waals surface area (Å²) in [5.74, 6) is -0.268. The van der Waals surface area contributed by atoms with Crippen molar-refractivity contribution in [3.8, 4) is 0 Å². The average Bonchev–Trinajstić information content (AvgIpc) is 2.27. The monoisotopic (exact) mass is 315 g/mol. The fraction of sp³-hybridized carbons (Fsp3) is 0.455. The van der Waals surface area contributed by atoms with E-state index in [0.29, 0.717) is 16.9 Å². The third-order valence-corrected chi connectivity index (χ3v) is 2.88. The minimum Gasteiger partial charge on any atom is -0.358 e. The van der Waals surface area contributed by atoms with Crippen molar-refractivity contribution < 1.29 is 9.72 Å². The average molecular weight is 316 g/mol. The number of carbonyl (C=O) groups is 1. The van der Waals surface area contributed by atoms with E-state index in [1.54, 1.807) is 7.05 Å². The van der Waals surface area contributed by atoms with Gasteiger partial charge in [0.25, 0.3) is 5.91 Å². The second kappa shape index (κ2) is 5.90. The number of pyridine rings is 1. The molecule has 18 heavy (non-hydrogen) atoms. The van der Waals surface area contributed by atoms with Gasteiger partial charge in [0.2, 0.25) is 0 Å². The molecule has 6 nitrogen and oxygen atoms in total. The molecule has 7 heteroatoms. The van der Waals surface area contributed by atoms with Crippen LogP contribution in [0.25, 0.3) is 0 Å². The van der Waals surface area contributed by atoms with Gasteiger partial charge in [-0.15, -0.1) is 0 Å². The zero-order valence-corrected chi connectivity index (χ0v) is 12.0. The molecule has 0 fully saturated rings. The topological polar surface area (TPSA) is 76.3 Å². The number of aromatic nitrogens is 1. The molecule has 0 saturated carbocycles. The minimum atomic E-state index is -0.619. The van der Waals surface area contributed by atoms with Crippen LogP contribution in [-0.2, 0) is 0 Å². The molecule has 0 atom stereocenters. The molecular formula is C11H14BrN3O3. The van der Waals surface area contributed by atoms with Crippen molar-refractivity contribution in [1.29, 1.82) is 0 Å². The molecule has 0 aliphatic rings. The fourth-order valence-electron chi connectivity index (χ4n) is 1.53. The Morgan fingerprint density at radius 2 is 2.22 bits per heavy atom. The van der Waals surface area contributed by atoms with Crippen LogP contribution in [0.5, 0.6) is 0 Å². The summed E-state index contributed by atoms with van der Waals surface area (Å²) in [5.41, 5.74) is 0.250. The van der Waals surface area contributed by atoms with Gasteiger partial charge in [0, 0.05) is 19.7 Å². The van der Waals surface area contributed by atoms with Crippen molar-refractivity contribution in [3.05, 3.63) is 32.4 Å². The number of nitrogens with zero attached hydrogens (tertiary/aromatic N) is 3. The van der Waals surface area contributed by atoms with E-state index in [1.165, 1.54) is 17.2 Å². The van der Waals surface area contributed by atoms with Crippen LogP contribution in [0.15, 0.2) is 16.7 Å². The molecule has 0 saturated heterocycles. The van der Waals surface area contributed by atoms with Crippen molar-refractivity contribution in [2.45, 2.75) is 13.8 Å². The number of nitro groups is 1. The second-order valence-electron chi connectivity index (χ2n) is 4.36. The van der Waals surface area contributed by atoms with Crippen molar-refractivity contribution in [3.63, 3.8) is 0 Å². The van der Waals surface area contributed by atoms with Gasteiger partial charge in [0.15, 0.2) is 6.20 Å². The van der Waals surface area contributed by atoms with Crippen LogP contribution in [0.1, 0.15) is 24.2 Å². The minimum absolute atomic E-state index is 0.250. The molecule has 0 bridgehead atoms. The standard InChI is InChI=1S/C11H14BrN3O3/c1-7(2)6-14(3)11(16)8-4-10(15(17)18)13-5-9(8)12/h4-5,7H,6H2,1-3H3. The SMILES string of the molecule is CC(C)CN(C)C(=O)c1cc([N+](=O)[O-])ncc1Br. The maximum absolute atomic E-state index is 12.1. The highest BCUT2D eigenvalue weighted by atomic mass is 79.9. The van der Waals surface area contributed by atoms with Crippen LogP contribution in [0.4, 0.5) is 5.82 Å². The Kier molecular flexibility index (Phi) is 4.77. The Morgan fingerprint density at radius 3 is 2.72 bits per heavy atom. The Labute approximate surface area is 113 Å². The number of rotatable bonds is 4. The van der Waals surface area contributed by atoms with Crippen LogP contribution in [0.2, 0.25) is 0 Å². The molecule has 1 rings (SSSR count). The molecule has 1 aromatic heterocycles.